The largest absolute Gasteiger partial charge is 0.423 e. The molecule has 78 valence electrons. The Bertz CT molecular complexity index is 413. The van der Waals surface area contributed by atoms with Crippen molar-refractivity contribution in [3.63, 3.8) is 0 Å². The van der Waals surface area contributed by atoms with Gasteiger partial charge in [-0.1, -0.05) is 18.2 Å². The van der Waals surface area contributed by atoms with Crippen LogP contribution in [0.15, 0.2) is 35.5 Å². The smallest absolute Gasteiger partial charge is 0.333 e. The van der Waals surface area contributed by atoms with Gasteiger partial charge in [-0.2, -0.15) is 0 Å². The summed E-state index contributed by atoms with van der Waals surface area (Å²) < 4.78 is 5.37. The first-order valence-electron chi connectivity index (χ1n) is 4.63. The van der Waals surface area contributed by atoms with E-state index in [2.05, 4.69) is 5.16 Å². The summed E-state index contributed by atoms with van der Waals surface area (Å²) in [5, 5.41) is 3.75. The van der Waals surface area contributed by atoms with Crippen LogP contribution >= 0.6 is 0 Å². The van der Waals surface area contributed by atoms with E-state index in [0.717, 1.165) is 5.56 Å². The third-order valence-electron chi connectivity index (χ3n) is 2.25. The predicted molar refractivity (Wildman–Crippen MR) is 54.2 cm³/mol. The summed E-state index contributed by atoms with van der Waals surface area (Å²) in [6.07, 6.45) is 0. The van der Waals surface area contributed by atoms with E-state index in [1.807, 2.05) is 30.3 Å². The molecular weight excluding hydrogens is 194 g/mol. The highest BCUT2D eigenvalue weighted by molar-refractivity contribution is 5.97. The zero-order valence-electron chi connectivity index (χ0n) is 8.56. The van der Waals surface area contributed by atoms with Gasteiger partial charge in [-0.05, 0) is 17.3 Å². The summed E-state index contributed by atoms with van der Waals surface area (Å²) in [6.45, 7) is 2.96. The van der Waals surface area contributed by atoms with Crippen LogP contribution in [0.4, 0.5) is 0 Å². The van der Waals surface area contributed by atoms with E-state index < -0.39 is 5.79 Å². The lowest BCUT2D eigenvalue weighted by atomic mass is 10.2. The fraction of sp³-hybridized carbons (Fsp3) is 0.273. The number of carbonyl (C=O) groups is 1. The maximum atomic E-state index is 11.2. The number of oxime groups is 1. The quantitative estimate of drug-likeness (QED) is 0.738. The number of ketones is 1. The van der Waals surface area contributed by atoms with Gasteiger partial charge in [-0.3, -0.25) is 4.79 Å². The normalized spacial score (nSPS) is 24.0. The van der Waals surface area contributed by atoms with E-state index in [1.54, 1.807) is 6.92 Å². The van der Waals surface area contributed by atoms with Crippen LogP contribution in [0, 0.1) is 0 Å². The second-order valence-electron chi connectivity index (χ2n) is 3.46. The third kappa shape index (κ3) is 1.70. The summed E-state index contributed by atoms with van der Waals surface area (Å²) in [5.74, 6) is -1.14. The van der Waals surface area contributed by atoms with Crippen LogP contribution in [0.3, 0.4) is 0 Å². The fourth-order valence-electron chi connectivity index (χ4n) is 1.18. The molecule has 1 unspecified atom stereocenters. The Kier molecular flexibility index (Phi) is 2.19. The van der Waals surface area contributed by atoms with E-state index in [9.17, 15) is 4.79 Å². The Morgan fingerprint density at radius 3 is 2.53 bits per heavy atom. The maximum absolute atomic E-state index is 11.2. The van der Waals surface area contributed by atoms with Crippen LogP contribution in [-0.2, 0) is 14.4 Å². The number of rotatable bonds is 2. The Hall–Kier alpha value is -1.84. The van der Waals surface area contributed by atoms with Gasteiger partial charge in [-0.15, -0.1) is 0 Å². The standard InChI is InChI=1S/C11H11NO3/c1-8(13)11(2)14-10(12-15-11)9-6-4-3-5-7-9/h3-7H,1-2H3. The number of hydrogen-bond donors (Lipinski definition) is 0. The van der Waals surface area contributed by atoms with Gasteiger partial charge in [0.2, 0.25) is 5.78 Å². The molecule has 1 heterocycles. The fourth-order valence-corrected chi connectivity index (χ4v) is 1.18. The molecule has 0 aliphatic carbocycles. The summed E-state index contributed by atoms with van der Waals surface area (Å²) in [4.78, 5) is 16.2. The highest BCUT2D eigenvalue weighted by Crippen LogP contribution is 2.23. The van der Waals surface area contributed by atoms with Gasteiger partial charge in [0.1, 0.15) is 0 Å². The summed E-state index contributed by atoms with van der Waals surface area (Å²) in [7, 11) is 0. The number of nitrogens with zero attached hydrogens (tertiary/aromatic N) is 1. The first-order chi connectivity index (χ1) is 7.12. The van der Waals surface area contributed by atoms with Crippen LogP contribution in [0.5, 0.6) is 0 Å². The van der Waals surface area contributed by atoms with Crippen molar-refractivity contribution < 1.29 is 14.4 Å². The van der Waals surface area contributed by atoms with Crippen molar-refractivity contribution in [3.8, 4) is 0 Å². The molecule has 1 aliphatic heterocycles. The number of Topliss-reactive ketones (excluding diaryl/α,β-unsaturated/α-hetero) is 1. The van der Waals surface area contributed by atoms with Crippen LogP contribution < -0.4 is 0 Å². The molecule has 0 saturated carbocycles. The Morgan fingerprint density at radius 1 is 1.33 bits per heavy atom. The van der Waals surface area contributed by atoms with E-state index in [1.165, 1.54) is 6.92 Å². The van der Waals surface area contributed by atoms with E-state index in [4.69, 9.17) is 9.57 Å². The lowest BCUT2D eigenvalue weighted by molar-refractivity contribution is -0.172. The van der Waals surface area contributed by atoms with Gasteiger partial charge < -0.3 is 9.57 Å². The molecule has 15 heavy (non-hydrogen) atoms. The van der Waals surface area contributed by atoms with Crippen LogP contribution in [0.1, 0.15) is 19.4 Å². The van der Waals surface area contributed by atoms with Crippen LogP contribution in [0.2, 0.25) is 0 Å². The predicted octanol–water partition coefficient (Wildman–Crippen LogP) is 1.70. The number of benzene rings is 1. The van der Waals surface area contributed by atoms with Gasteiger partial charge in [0.25, 0.3) is 5.90 Å². The summed E-state index contributed by atoms with van der Waals surface area (Å²) in [5.41, 5.74) is 0.794. The molecule has 1 aliphatic rings. The van der Waals surface area contributed by atoms with Gasteiger partial charge >= 0.3 is 5.79 Å². The van der Waals surface area contributed by atoms with Crippen LogP contribution in [0.25, 0.3) is 0 Å². The second kappa shape index (κ2) is 3.38. The Morgan fingerprint density at radius 2 is 2.00 bits per heavy atom. The van der Waals surface area contributed by atoms with E-state index >= 15 is 0 Å². The van der Waals surface area contributed by atoms with Crippen molar-refractivity contribution in [2.24, 2.45) is 5.16 Å². The molecule has 2 rings (SSSR count). The number of ether oxygens (including phenoxy) is 1. The molecule has 1 atom stereocenters. The zero-order chi connectivity index (χ0) is 10.9. The number of carbonyl (C=O) groups excluding carboxylic acids is 1. The molecule has 0 amide bonds. The lowest BCUT2D eigenvalue weighted by Gasteiger charge is -2.17. The number of hydrogen-bond acceptors (Lipinski definition) is 4. The molecule has 1 aromatic carbocycles. The molecule has 4 nitrogen and oxygen atoms in total. The lowest BCUT2D eigenvalue weighted by Crippen LogP contribution is -2.35. The molecule has 0 radical (unpaired) electrons. The first kappa shape index (κ1) is 9.71. The van der Waals surface area contributed by atoms with E-state index in [0.29, 0.717) is 5.90 Å². The minimum Gasteiger partial charge on any atom is -0.423 e. The van der Waals surface area contributed by atoms with Crippen molar-refractivity contribution in [2.45, 2.75) is 19.6 Å². The van der Waals surface area contributed by atoms with Crippen molar-refractivity contribution >= 4 is 11.7 Å². The first-order valence-corrected chi connectivity index (χ1v) is 4.63. The zero-order valence-corrected chi connectivity index (χ0v) is 8.56. The van der Waals surface area contributed by atoms with Crippen molar-refractivity contribution in [1.82, 2.24) is 0 Å². The van der Waals surface area contributed by atoms with Gasteiger partial charge in [0.05, 0.1) is 0 Å². The van der Waals surface area contributed by atoms with Gasteiger partial charge in [0, 0.05) is 19.4 Å². The topological polar surface area (TPSA) is 47.9 Å². The molecular formula is C11H11NO3. The average Bonchev–Trinajstić information content (AvgIpc) is 2.64. The van der Waals surface area contributed by atoms with Crippen molar-refractivity contribution in [2.75, 3.05) is 0 Å². The monoisotopic (exact) mass is 205 g/mol. The Labute approximate surface area is 87.5 Å². The van der Waals surface area contributed by atoms with Gasteiger partial charge in [0.15, 0.2) is 0 Å². The molecule has 0 fully saturated rings. The third-order valence-corrected chi connectivity index (χ3v) is 2.25. The minimum atomic E-state index is -1.27. The Balaban J connectivity index is 2.21. The molecule has 0 spiro atoms. The molecule has 0 aromatic heterocycles. The average molecular weight is 205 g/mol. The molecule has 1 aromatic rings. The van der Waals surface area contributed by atoms with Gasteiger partial charge in [-0.25, -0.2) is 0 Å². The second-order valence-corrected chi connectivity index (χ2v) is 3.46. The van der Waals surface area contributed by atoms with Crippen molar-refractivity contribution in [1.29, 1.82) is 0 Å². The maximum Gasteiger partial charge on any atom is 0.333 e. The minimum absolute atomic E-state index is 0.211. The molecule has 0 saturated heterocycles. The van der Waals surface area contributed by atoms with Crippen LogP contribution in [-0.4, -0.2) is 17.5 Å². The van der Waals surface area contributed by atoms with E-state index in [-0.39, 0.29) is 5.78 Å². The molecule has 0 N–H and O–H groups in total. The molecule has 4 heteroatoms. The summed E-state index contributed by atoms with van der Waals surface area (Å²) >= 11 is 0. The highest BCUT2D eigenvalue weighted by Gasteiger charge is 2.41. The highest BCUT2D eigenvalue weighted by atomic mass is 16.8. The summed E-state index contributed by atoms with van der Waals surface area (Å²) in [6, 6.07) is 9.31. The van der Waals surface area contributed by atoms with Crippen molar-refractivity contribution in [3.05, 3.63) is 35.9 Å². The SMILES string of the molecule is CC(=O)C1(C)ON=C(c2ccccc2)O1. The molecule has 0 bridgehead atoms.